The van der Waals surface area contributed by atoms with Crippen LogP contribution in [0.3, 0.4) is 0 Å². The lowest BCUT2D eigenvalue weighted by Crippen LogP contribution is -2.12. The van der Waals surface area contributed by atoms with Crippen molar-refractivity contribution in [3.8, 4) is 6.07 Å². The van der Waals surface area contributed by atoms with Crippen LogP contribution in [0.5, 0.6) is 0 Å². The Morgan fingerprint density at radius 3 is 2.86 bits per heavy atom. The third kappa shape index (κ3) is 2.73. The second-order valence-electron chi connectivity index (χ2n) is 4.56. The Bertz CT molecular complexity index is 877. The van der Waals surface area contributed by atoms with Crippen LogP contribution in [0.4, 0.5) is 5.69 Å². The maximum atomic E-state index is 12.2. The number of amides is 1. The third-order valence-electron chi connectivity index (χ3n) is 3.08. The molecule has 4 nitrogen and oxygen atoms in total. The highest BCUT2D eigenvalue weighted by Crippen LogP contribution is 2.20. The minimum atomic E-state index is -0.266. The van der Waals surface area contributed by atoms with Crippen LogP contribution in [0.1, 0.15) is 16.1 Å². The average Bonchev–Trinajstić information content (AvgIpc) is 2.90. The largest absolute Gasteiger partial charge is 0.350 e. The molecule has 0 atom stereocenters. The average molecular weight is 296 g/mol. The van der Waals surface area contributed by atoms with Crippen molar-refractivity contribution in [2.24, 2.45) is 0 Å². The molecule has 1 aromatic heterocycles. The van der Waals surface area contributed by atoms with Crippen LogP contribution >= 0.6 is 11.6 Å². The zero-order valence-electron chi connectivity index (χ0n) is 10.9. The Morgan fingerprint density at radius 1 is 1.19 bits per heavy atom. The summed E-state index contributed by atoms with van der Waals surface area (Å²) in [6.45, 7) is 0. The smallest absolute Gasteiger partial charge is 0.272 e. The highest BCUT2D eigenvalue weighted by Gasteiger charge is 2.10. The highest BCUT2D eigenvalue weighted by atomic mass is 35.5. The van der Waals surface area contributed by atoms with Crippen LogP contribution in [0.15, 0.2) is 48.5 Å². The number of fused-ring (bicyclic) bond motifs is 1. The normalized spacial score (nSPS) is 10.3. The molecule has 0 aliphatic rings. The van der Waals surface area contributed by atoms with Gasteiger partial charge in [0.15, 0.2) is 0 Å². The molecule has 0 radical (unpaired) electrons. The Hall–Kier alpha value is -2.77. The van der Waals surface area contributed by atoms with Gasteiger partial charge >= 0.3 is 0 Å². The van der Waals surface area contributed by atoms with Crippen molar-refractivity contribution in [2.75, 3.05) is 5.32 Å². The number of anilines is 1. The fourth-order valence-corrected chi connectivity index (χ4v) is 2.26. The lowest BCUT2D eigenvalue weighted by Gasteiger charge is -2.03. The molecule has 2 aromatic carbocycles. The molecule has 1 heterocycles. The van der Waals surface area contributed by atoms with E-state index in [1.54, 1.807) is 42.5 Å². The predicted octanol–water partition coefficient (Wildman–Crippen LogP) is 3.95. The summed E-state index contributed by atoms with van der Waals surface area (Å²) in [5.41, 5.74) is 2.32. The van der Waals surface area contributed by atoms with Crippen molar-refractivity contribution in [1.82, 2.24) is 4.98 Å². The van der Waals surface area contributed by atoms with Crippen molar-refractivity contribution < 1.29 is 4.79 Å². The minimum absolute atomic E-state index is 0.266. The molecule has 2 N–H and O–H groups in total. The van der Waals surface area contributed by atoms with E-state index in [4.69, 9.17) is 16.9 Å². The van der Waals surface area contributed by atoms with Crippen molar-refractivity contribution in [2.45, 2.75) is 0 Å². The number of hydrogen-bond acceptors (Lipinski definition) is 2. The van der Waals surface area contributed by atoms with Gasteiger partial charge in [-0.05, 0) is 36.4 Å². The zero-order valence-corrected chi connectivity index (χ0v) is 11.6. The number of aromatic amines is 1. The Kier molecular flexibility index (Phi) is 3.35. The standard InChI is InChI=1S/C16H10ClN3O/c17-12-5-4-11-7-15(20-14(11)8-12)16(21)19-13-3-1-2-10(6-13)9-18/h1-8,20H,(H,19,21). The molecule has 1 amide bonds. The van der Waals surface area contributed by atoms with E-state index in [9.17, 15) is 4.79 Å². The van der Waals surface area contributed by atoms with Crippen molar-refractivity contribution in [3.05, 3.63) is 64.8 Å². The SMILES string of the molecule is N#Cc1cccc(NC(=O)c2cc3ccc(Cl)cc3[nH]2)c1. The number of carbonyl (C=O) groups is 1. The number of benzene rings is 2. The molecular formula is C16H10ClN3O. The van der Waals surface area contributed by atoms with Crippen LogP contribution in [0.2, 0.25) is 5.02 Å². The summed E-state index contributed by atoms with van der Waals surface area (Å²) in [4.78, 5) is 15.2. The number of H-pyrrole nitrogens is 1. The van der Waals surface area contributed by atoms with Gasteiger partial charge in [0.05, 0.1) is 11.6 Å². The fourth-order valence-electron chi connectivity index (χ4n) is 2.09. The molecule has 0 aliphatic heterocycles. The number of nitriles is 1. The number of carbonyl (C=O) groups excluding carboxylic acids is 1. The van der Waals surface area contributed by atoms with E-state index in [-0.39, 0.29) is 5.91 Å². The number of halogens is 1. The molecule has 0 aliphatic carbocycles. The van der Waals surface area contributed by atoms with Gasteiger partial charge in [0.2, 0.25) is 0 Å². The molecule has 3 aromatic rings. The molecule has 0 saturated carbocycles. The first-order valence-corrected chi connectivity index (χ1v) is 6.63. The quantitative estimate of drug-likeness (QED) is 0.751. The molecule has 5 heteroatoms. The van der Waals surface area contributed by atoms with Crippen LogP contribution in [0, 0.1) is 11.3 Å². The molecule has 0 spiro atoms. The molecule has 0 saturated heterocycles. The summed E-state index contributed by atoms with van der Waals surface area (Å²) >= 11 is 5.92. The van der Waals surface area contributed by atoms with Crippen molar-refractivity contribution >= 4 is 34.1 Å². The lowest BCUT2D eigenvalue weighted by atomic mass is 10.2. The zero-order chi connectivity index (χ0) is 14.8. The highest BCUT2D eigenvalue weighted by molar-refractivity contribution is 6.31. The molecule has 3 rings (SSSR count). The van der Waals surface area contributed by atoms with Gasteiger partial charge in [-0.1, -0.05) is 23.7 Å². The molecule has 0 unspecified atom stereocenters. The van der Waals surface area contributed by atoms with Gasteiger partial charge in [0.1, 0.15) is 5.69 Å². The van der Waals surface area contributed by atoms with Crippen LogP contribution in [-0.4, -0.2) is 10.9 Å². The van der Waals surface area contributed by atoms with Crippen molar-refractivity contribution in [3.63, 3.8) is 0 Å². The van der Waals surface area contributed by atoms with Gasteiger partial charge in [-0.3, -0.25) is 4.79 Å². The number of nitrogens with one attached hydrogen (secondary N) is 2. The van der Waals surface area contributed by atoms with Crippen LogP contribution < -0.4 is 5.32 Å². The number of hydrogen-bond donors (Lipinski definition) is 2. The summed E-state index contributed by atoms with van der Waals surface area (Å²) in [6, 6.07) is 15.9. The predicted molar refractivity (Wildman–Crippen MR) is 82.4 cm³/mol. The molecule has 0 bridgehead atoms. The van der Waals surface area contributed by atoms with Gasteiger partial charge in [-0.25, -0.2) is 0 Å². The van der Waals surface area contributed by atoms with E-state index in [2.05, 4.69) is 10.3 Å². The third-order valence-corrected chi connectivity index (χ3v) is 3.31. The molecular weight excluding hydrogens is 286 g/mol. The fraction of sp³-hybridized carbons (Fsp3) is 0. The maximum absolute atomic E-state index is 12.2. The number of aromatic nitrogens is 1. The summed E-state index contributed by atoms with van der Waals surface area (Å²) in [7, 11) is 0. The maximum Gasteiger partial charge on any atom is 0.272 e. The van der Waals surface area contributed by atoms with Gasteiger partial charge < -0.3 is 10.3 Å². The van der Waals surface area contributed by atoms with Gasteiger partial charge in [-0.2, -0.15) is 5.26 Å². The van der Waals surface area contributed by atoms with E-state index in [1.807, 2.05) is 12.1 Å². The molecule has 21 heavy (non-hydrogen) atoms. The molecule has 0 fully saturated rings. The van der Waals surface area contributed by atoms with Gasteiger partial charge in [0.25, 0.3) is 5.91 Å². The first kappa shape index (κ1) is 13.2. The van der Waals surface area contributed by atoms with E-state index in [0.29, 0.717) is 22.0 Å². The van der Waals surface area contributed by atoms with Gasteiger partial charge in [-0.15, -0.1) is 0 Å². The van der Waals surface area contributed by atoms with Crippen LogP contribution in [0.25, 0.3) is 10.9 Å². The second kappa shape index (κ2) is 5.31. The van der Waals surface area contributed by atoms with E-state index < -0.39 is 0 Å². The molecule has 102 valence electrons. The van der Waals surface area contributed by atoms with E-state index in [1.165, 1.54) is 0 Å². The van der Waals surface area contributed by atoms with Gasteiger partial charge in [0, 0.05) is 21.6 Å². The minimum Gasteiger partial charge on any atom is -0.350 e. The first-order valence-electron chi connectivity index (χ1n) is 6.25. The monoisotopic (exact) mass is 295 g/mol. The second-order valence-corrected chi connectivity index (χ2v) is 5.00. The van der Waals surface area contributed by atoms with E-state index >= 15 is 0 Å². The van der Waals surface area contributed by atoms with Crippen molar-refractivity contribution in [1.29, 1.82) is 5.26 Å². The Morgan fingerprint density at radius 2 is 2.05 bits per heavy atom. The number of nitrogens with zero attached hydrogens (tertiary/aromatic N) is 1. The Labute approximate surface area is 126 Å². The summed E-state index contributed by atoms with van der Waals surface area (Å²) in [5.74, 6) is -0.266. The van der Waals surface area contributed by atoms with Crippen LogP contribution in [-0.2, 0) is 0 Å². The van der Waals surface area contributed by atoms with E-state index in [0.717, 1.165) is 10.9 Å². The Balaban J connectivity index is 1.88. The topological polar surface area (TPSA) is 68.7 Å². The summed E-state index contributed by atoms with van der Waals surface area (Å²) < 4.78 is 0. The summed E-state index contributed by atoms with van der Waals surface area (Å²) in [6.07, 6.45) is 0. The lowest BCUT2D eigenvalue weighted by molar-refractivity contribution is 0.102. The first-order chi connectivity index (χ1) is 10.2. The number of rotatable bonds is 2. The summed E-state index contributed by atoms with van der Waals surface area (Å²) in [5, 5.41) is 13.1.